The first-order chi connectivity index (χ1) is 24.1. The fraction of sp³-hybridized carbons (Fsp3) is 0.500. The molecule has 268 valence electrons. The number of H-pyrrole nitrogens is 1. The van der Waals surface area contributed by atoms with Crippen molar-refractivity contribution in [3.8, 4) is 23.0 Å². The van der Waals surface area contributed by atoms with Crippen LogP contribution in [0.5, 0.6) is 23.0 Å². The van der Waals surface area contributed by atoms with Crippen molar-refractivity contribution in [2.75, 3.05) is 48.1 Å². The fourth-order valence-corrected chi connectivity index (χ4v) is 7.99. The summed E-state index contributed by atoms with van der Waals surface area (Å²) in [5, 5.41) is 1.08. The second-order valence-corrected chi connectivity index (χ2v) is 12.7. The minimum Gasteiger partial charge on any atom is -0.493 e. The summed E-state index contributed by atoms with van der Waals surface area (Å²) < 4.78 is 43.6. The highest BCUT2D eigenvalue weighted by Crippen LogP contribution is 2.51. The zero-order valence-electron chi connectivity index (χ0n) is 28.9. The third kappa shape index (κ3) is 6.56. The quantitative estimate of drug-likeness (QED) is 0.143. The average molecular weight is 695 g/mol. The monoisotopic (exact) mass is 694 g/mol. The number of aromatic nitrogens is 1. The van der Waals surface area contributed by atoms with Gasteiger partial charge in [0.25, 0.3) is 0 Å². The van der Waals surface area contributed by atoms with Gasteiger partial charge in [-0.25, -0.2) is 9.59 Å². The molecule has 14 heteroatoms. The van der Waals surface area contributed by atoms with E-state index in [1.165, 1.54) is 53.1 Å². The number of hydrogen-bond acceptors (Lipinski definition) is 13. The number of esters is 3. The second kappa shape index (κ2) is 14.6. The van der Waals surface area contributed by atoms with Crippen LogP contribution >= 0.6 is 0 Å². The summed E-state index contributed by atoms with van der Waals surface area (Å²) in [7, 11) is 5.58. The van der Waals surface area contributed by atoms with Gasteiger partial charge in [-0.3, -0.25) is 14.5 Å². The van der Waals surface area contributed by atoms with Crippen molar-refractivity contribution in [1.29, 1.82) is 0 Å². The Morgan fingerprint density at radius 1 is 0.960 bits per heavy atom. The molecule has 1 aliphatic carbocycles. The summed E-state index contributed by atoms with van der Waals surface area (Å²) in [5.41, 5.74) is 3.29. The van der Waals surface area contributed by atoms with Gasteiger partial charge in [-0.2, -0.15) is 0 Å². The molecule has 14 nitrogen and oxygen atoms in total. The summed E-state index contributed by atoms with van der Waals surface area (Å²) in [4.78, 5) is 56.8. The van der Waals surface area contributed by atoms with Gasteiger partial charge in [0, 0.05) is 49.8 Å². The average Bonchev–Trinajstić information content (AvgIpc) is 3.48. The molecule has 3 aliphatic rings. The van der Waals surface area contributed by atoms with Crippen molar-refractivity contribution in [1.82, 2.24) is 9.88 Å². The van der Waals surface area contributed by atoms with Crippen molar-refractivity contribution in [3.05, 3.63) is 47.2 Å². The van der Waals surface area contributed by atoms with E-state index in [2.05, 4.69) is 9.88 Å². The van der Waals surface area contributed by atoms with E-state index in [1.54, 1.807) is 13.0 Å². The van der Waals surface area contributed by atoms with E-state index in [1.807, 2.05) is 12.1 Å². The van der Waals surface area contributed by atoms with Gasteiger partial charge in [0.2, 0.25) is 5.75 Å². The van der Waals surface area contributed by atoms with Crippen LogP contribution < -0.4 is 18.9 Å². The maximum Gasteiger partial charge on any atom is 0.514 e. The van der Waals surface area contributed by atoms with E-state index in [0.29, 0.717) is 25.1 Å². The zero-order valence-corrected chi connectivity index (χ0v) is 28.9. The molecule has 6 rings (SSSR count). The molecule has 1 aromatic heterocycles. The lowest BCUT2D eigenvalue weighted by atomic mass is 9.63. The van der Waals surface area contributed by atoms with Crippen LogP contribution in [0.1, 0.15) is 54.3 Å². The first-order valence-electron chi connectivity index (χ1n) is 16.6. The van der Waals surface area contributed by atoms with Crippen LogP contribution in [0.4, 0.5) is 4.79 Å². The van der Waals surface area contributed by atoms with E-state index in [4.69, 9.17) is 37.9 Å². The number of aromatic amines is 1. The van der Waals surface area contributed by atoms with E-state index in [-0.39, 0.29) is 53.3 Å². The molecule has 3 heterocycles. The number of methoxy groups -OCH3 is 4. The zero-order chi connectivity index (χ0) is 35.7. The Morgan fingerprint density at radius 2 is 1.70 bits per heavy atom. The lowest BCUT2D eigenvalue weighted by Gasteiger charge is -2.52. The Kier molecular flexibility index (Phi) is 10.2. The van der Waals surface area contributed by atoms with Crippen LogP contribution in [0.15, 0.2) is 30.3 Å². The molecule has 1 N–H and O–H groups in total. The molecule has 3 aromatic rings. The fourth-order valence-electron chi connectivity index (χ4n) is 7.99. The van der Waals surface area contributed by atoms with Crippen LogP contribution in [0.3, 0.4) is 0 Å². The molecule has 50 heavy (non-hydrogen) atoms. The number of rotatable bonds is 9. The molecular weight excluding hydrogens is 652 g/mol. The summed E-state index contributed by atoms with van der Waals surface area (Å²) in [6, 6.07) is 8.41. The molecule has 1 saturated heterocycles. The first kappa shape index (κ1) is 35.0. The number of benzene rings is 2. The number of carbonyl (C=O) groups excluding carboxylic acids is 4. The number of hydrogen-bond donors (Lipinski definition) is 1. The highest BCUT2D eigenvalue weighted by molar-refractivity contribution is 5.92. The Bertz CT molecular complexity index is 1760. The lowest BCUT2D eigenvalue weighted by Crippen LogP contribution is -2.58. The minimum absolute atomic E-state index is 0.00507. The first-order valence-corrected chi connectivity index (χ1v) is 16.6. The molecule has 0 amide bonds. The molecule has 6 atom stereocenters. The Morgan fingerprint density at radius 3 is 2.34 bits per heavy atom. The van der Waals surface area contributed by atoms with E-state index >= 15 is 0 Å². The third-order valence-corrected chi connectivity index (χ3v) is 10.0. The Hall–Kier alpha value is -4.82. The number of ether oxygens (including phenoxy) is 8. The Balaban J connectivity index is 1.26. The van der Waals surface area contributed by atoms with Crippen molar-refractivity contribution in [2.45, 2.75) is 51.4 Å². The maximum atomic E-state index is 13.7. The Labute approximate surface area is 289 Å². The predicted molar refractivity (Wildman–Crippen MR) is 177 cm³/mol. The molecule has 0 bridgehead atoms. The highest BCUT2D eigenvalue weighted by atomic mass is 16.7. The van der Waals surface area contributed by atoms with Crippen LogP contribution in [-0.2, 0) is 35.0 Å². The predicted octanol–water partition coefficient (Wildman–Crippen LogP) is 4.61. The van der Waals surface area contributed by atoms with Gasteiger partial charge in [-0.05, 0) is 67.9 Å². The van der Waals surface area contributed by atoms with Crippen LogP contribution in [0.25, 0.3) is 10.9 Å². The van der Waals surface area contributed by atoms with Gasteiger partial charge in [0.05, 0.1) is 45.5 Å². The second-order valence-electron chi connectivity index (χ2n) is 12.7. The SMILES string of the molecule is CCOC(=O)Oc1c(OC)cc(C(=O)O[C@@H]2C[C@@H]3CN4CCc5c([nH]c6cc(OC(C)=O)ccc56)[C@H]4C[C@@H]3[C@H](C(=O)OC)[C@H]2OC)cc1OC. The normalized spacial score (nSPS) is 24.2. The van der Waals surface area contributed by atoms with Gasteiger partial charge < -0.3 is 42.9 Å². The third-order valence-electron chi connectivity index (χ3n) is 10.0. The van der Waals surface area contributed by atoms with Crippen LogP contribution in [0.2, 0.25) is 0 Å². The maximum absolute atomic E-state index is 13.7. The summed E-state index contributed by atoms with van der Waals surface area (Å²) in [5.74, 6) is -1.76. The minimum atomic E-state index is -0.953. The highest BCUT2D eigenvalue weighted by Gasteiger charge is 2.54. The summed E-state index contributed by atoms with van der Waals surface area (Å²) in [6.45, 7) is 4.62. The topological polar surface area (TPSA) is 161 Å². The molecule has 2 aliphatic heterocycles. The van der Waals surface area contributed by atoms with Crippen molar-refractivity contribution >= 4 is 35.0 Å². The number of piperidine rings is 1. The number of carbonyl (C=O) groups is 4. The van der Waals surface area contributed by atoms with Crippen molar-refractivity contribution < 1.29 is 57.1 Å². The standard InChI is InChI=1S/C36H42N2O12/c1-7-47-36(42)50-32-27(43-3)12-19(13-28(32)44-4)34(40)49-29-14-20-17-38-11-10-23-22-9-8-21(48-18(2)39)15-25(22)37-31(23)26(38)16-24(20)30(33(29)45-5)35(41)46-6/h8-9,12-13,15,20,24,26,29-30,33,37H,7,10-11,14,16-17H2,1-6H3/t20-,24+,26-,29-,30+,33+/m1/s1. The van der Waals surface area contributed by atoms with E-state index in [0.717, 1.165) is 29.6 Å². The molecule has 0 radical (unpaired) electrons. The van der Waals surface area contributed by atoms with Crippen LogP contribution in [-0.4, -0.2) is 94.3 Å². The van der Waals surface area contributed by atoms with Gasteiger partial charge >= 0.3 is 24.1 Å². The molecule has 2 aromatic carbocycles. The molecule has 2 fully saturated rings. The smallest absolute Gasteiger partial charge is 0.493 e. The van der Waals surface area contributed by atoms with Gasteiger partial charge in [0.1, 0.15) is 18.0 Å². The van der Waals surface area contributed by atoms with Gasteiger partial charge in [-0.1, -0.05) is 0 Å². The number of nitrogens with zero attached hydrogens (tertiary/aromatic N) is 1. The van der Waals surface area contributed by atoms with Crippen LogP contribution in [0, 0.1) is 17.8 Å². The van der Waals surface area contributed by atoms with Gasteiger partial charge in [-0.15, -0.1) is 0 Å². The van der Waals surface area contributed by atoms with E-state index < -0.39 is 36.2 Å². The number of fused-ring (bicyclic) bond motifs is 6. The summed E-state index contributed by atoms with van der Waals surface area (Å²) in [6.07, 6.45) is -0.533. The molecule has 0 unspecified atom stereocenters. The number of nitrogens with one attached hydrogen (secondary N) is 1. The summed E-state index contributed by atoms with van der Waals surface area (Å²) >= 11 is 0. The van der Waals surface area contributed by atoms with Gasteiger partial charge in [0.15, 0.2) is 11.5 Å². The lowest BCUT2D eigenvalue weighted by molar-refractivity contribution is -0.176. The molecular formula is C36H42N2O12. The largest absolute Gasteiger partial charge is 0.514 e. The van der Waals surface area contributed by atoms with E-state index in [9.17, 15) is 19.2 Å². The molecule has 0 spiro atoms. The molecule has 1 saturated carbocycles. The van der Waals surface area contributed by atoms with Crippen molar-refractivity contribution in [2.24, 2.45) is 17.8 Å². The van der Waals surface area contributed by atoms with Crippen molar-refractivity contribution in [3.63, 3.8) is 0 Å².